The van der Waals surface area contributed by atoms with Gasteiger partial charge in [-0.3, -0.25) is 4.79 Å². The maximum Gasteiger partial charge on any atom is 0.255 e. The molecule has 0 saturated carbocycles. The van der Waals surface area contributed by atoms with Gasteiger partial charge in [-0.05, 0) is 50.2 Å². The molecule has 0 bridgehead atoms. The number of rotatable bonds is 6. The molecular weight excluding hydrogens is 454 g/mol. The Hall–Kier alpha value is -2.31. The number of carbonyl (C=O) groups excluding carboxylic acids is 1. The van der Waals surface area contributed by atoms with E-state index >= 15 is 0 Å². The van der Waals surface area contributed by atoms with E-state index in [1.54, 1.807) is 12.1 Å². The Morgan fingerprint density at radius 1 is 0.969 bits per heavy atom. The second-order valence-electron chi connectivity index (χ2n) is 7.84. The first kappa shape index (κ1) is 24.3. The van der Waals surface area contributed by atoms with Crippen molar-refractivity contribution >= 4 is 31.6 Å². The van der Waals surface area contributed by atoms with Gasteiger partial charge >= 0.3 is 0 Å². The van der Waals surface area contributed by atoms with Gasteiger partial charge in [-0.15, -0.1) is 0 Å². The molecule has 11 heteroatoms. The van der Waals surface area contributed by atoms with Crippen LogP contribution in [-0.2, 0) is 24.8 Å². The highest BCUT2D eigenvalue weighted by atomic mass is 32.2. The summed E-state index contributed by atoms with van der Waals surface area (Å²) in [6, 6.07) is 11.6. The molecule has 1 aliphatic rings. The Balaban J connectivity index is 1.81. The summed E-state index contributed by atoms with van der Waals surface area (Å²) in [6.45, 7) is 4.15. The van der Waals surface area contributed by atoms with Crippen LogP contribution in [0.2, 0.25) is 0 Å². The zero-order valence-electron chi connectivity index (χ0n) is 18.3. The summed E-state index contributed by atoms with van der Waals surface area (Å²) < 4.78 is 59.0. The Labute approximate surface area is 189 Å². The monoisotopic (exact) mass is 481 g/mol. The topological polar surface area (TPSA) is 113 Å². The van der Waals surface area contributed by atoms with E-state index in [9.17, 15) is 21.6 Å². The number of sulfonamides is 2. The second kappa shape index (κ2) is 9.28. The zero-order chi connectivity index (χ0) is 23.7. The summed E-state index contributed by atoms with van der Waals surface area (Å²) in [5, 5.41) is 2.60. The summed E-state index contributed by atoms with van der Waals surface area (Å²) in [4.78, 5) is 12.8. The first-order valence-electron chi connectivity index (χ1n) is 10.0. The SMILES string of the molecule is CC1CN(S(=O)(=O)c2ccc(C(=O)Nc3ccccc3S(=O)(=O)N(C)C)cc2)CC(C)O1. The van der Waals surface area contributed by atoms with Crippen LogP contribution in [0.15, 0.2) is 58.3 Å². The van der Waals surface area contributed by atoms with Crippen LogP contribution in [-0.4, -0.2) is 70.7 Å². The maximum absolute atomic E-state index is 13.0. The fourth-order valence-corrected chi connectivity index (χ4v) is 6.07. The van der Waals surface area contributed by atoms with E-state index in [2.05, 4.69) is 5.32 Å². The van der Waals surface area contributed by atoms with Gasteiger partial charge in [-0.2, -0.15) is 4.31 Å². The van der Waals surface area contributed by atoms with Gasteiger partial charge in [-0.25, -0.2) is 21.1 Å². The van der Waals surface area contributed by atoms with Gasteiger partial charge in [0, 0.05) is 32.7 Å². The molecule has 0 aromatic heterocycles. The van der Waals surface area contributed by atoms with Crippen LogP contribution < -0.4 is 5.32 Å². The molecule has 1 amide bonds. The molecule has 9 nitrogen and oxygen atoms in total. The van der Waals surface area contributed by atoms with Crippen molar-refractivity contribution in [3.63, 3.8) is 0 Å². The fraction of sp³-hybridized carbons (Fsp3) is 0.381. The van der Waals surface area contributed by atoms with Crippen molar-refractivity contribution in [1.82, 2.24) is 8.61 Å². The summed E-state index contributed by atoms with van der Waals surface area (Å²) in [7, 11) is -4.68. The normalized spacial score (nSPS) is 20.3. The van der Waals surface area contributed by atoms with Crippen LogP contribution in [0, 0.1) is 0 Å². The third-order valence-corrected chi connectivity index (χ3v) is 8.75. The van der Waals surface area contributed by atoms with E-state index in [4.69, 9.17) is 4.74 Å². The quantitative estimate of drug-likeness (QED) is 0.675. The lowest BCUT2D eigenvalue weighted by molar-refractivity contribution is -0.0440. The van der Waals surface area contributed by atoms with Gasteiger partial charge < -0.3 is 10.1 Å². The van der Waals surface area contributed by atoms with E-state index in [0.29, 0.717) is 0 Å². The van der Waals surface area contributed by atoms with Crippen molar-refractivity contribution in [1.29, 1.82) is 0 Å². The van der Waals surface area contributed by atoms with Crippen LogP contribution in [0.4, 0.5) is 5.69 Å². The summed E-state index contributed by atoms with van der Waals surface area (Å²) in [6.07, 6.45) is -0.422. The number of hydrogen-bond donors (Lipinski definition) is 1. The lowest BCUT2D eigenvalue weighted by Crippen LogP contribution is -2.48. The van der Waals surface area contributed by atoms with Gasteiger partial charge in [0.05, 0.1) is 22.8 Å². The molecule has 2 aromatic rings. The minimum Gasteiger partial charge on any atom is -0.373 e. The first-order chi connectivity index (χ1) is 14.9. The molecule has 0 radical (unpaired) electrons. The van der Waals surface area contributed by atoms with Gasteiger partial charge in [0.1, 0.15) is 4.90 Å². The summed E-state index contributed by atoms with van der Waals surface area (Å²) >= 11 is 0. The number of nitrogens with zero attached hydrogens (tertiary/aromatic N) is 2. The van der Waals surface area contributed by atoms with Crippen molar-refractivity contribution in [3.8, 4) is 0 Å². The van der Waals surface area contributed by atoms with Crippen LogP contribution in [0.3, 0.4) is 0 Å². The maximum atomic E-state index is 13.0. The molecular formula is C21H27N3O6S2. The van der Waals surface area contributed by atoms with Gasteiger partial charge in [-0.1, -0.05) is 12.1 Å². The molecule has 0 aliphatic carbocycles. The lowest BCUT2D eigenvalue weighted by atomic mass is 10.2. The Kier molecular flexibility index (Phi) is 7.06. The molecule has 174 valence electrons. The average Bonchev–Trinajstić information content (AvgIpc) is 2.73. The first-order valence-corrected chi connectivity index (χ1v) is 12.9. The van der Waals surface area contributed by atoms with Gasteiger partial charge in [0.2, 0.25) is 20.0 Å². The number of benzene rings is 2. The standard InChI is InChI=1S/C21H27N3O6S2/c1-15-13-24(14-16(2)30-15)31(26,27)18-11-9-17(10-12-18)21(25)22-19-7-5-6-8-20(19)32(28,29)23(3)4/h5-12,15-16H,13-14H2,1-4H3,(H,22,25). The number of carbonyl (C=O) groups is 1. The molecule has 2 unspecified atom stereocenters. The molecule has 1 heterocycles. The minimum atomic E-state index is -3.76. The Morgan fingerprint density at radius 3 is 2.09 bits per heavy atom. The number of hydrogen-bond acceptors (Lipinski definition) is 6. The molecule has 2 atom stereocenters. The molecule has 0 spiro atoms. The van der Waals surface area contributed by atoms with E-state index in [1.807, 2.05) is 13.8 Å². The molecule has 3 rings (SSSR count). The van der Waals surface area contributed by atoms with E-state index < -0.39 is 26.0 Å². The van der Waals surface area contributed by atoms with E-state index in [1.165, 1.54) is 54.8 Å². The molecule has 1 fully saturated rings. The van der Waals surface area contributed by atoms with Crippen molar-refractivity contribution in [2.45, 2.75) is 35.8 Å². The smallest absolute Gasteiger partial charge is 0.255 e. The van der Waals surface area contributed by atoms with Crippen molar-refractivity contribution in [2.24, 2.45) is 0 Å². The molecule has 2 aromatic carbocycles. The average molecular weight is 482 g/mol. The highest BCUT2D eigenvalue weighted by Crippen LogP contribution is 2.25. The second-order valence-corrected chi connectivity index (χ2v) is 11.9. The van der Waals surface area contributed by atoms with Crippen LogP contribution >= 0.6 is 0 Å². The Bertz CT molecular complexity index is 1180. The molecule has 1 N–H and O–H groups in total. The summed E-state index contributed by atoms with van der Waals surface area (Å²) in [5.41, 5.74) is 0.337. The largest absolute Gasteiger partial charge is 0.373 e. The van der Waals surface area contributed by atoms with Crippen LogP contribution in [0.5, 0.6) is 0 Å². The number of para-hydroxylation sites is 1. The Morgan fingerprint density at radius 2 is 1.53 bits per heavy atom. The number of anilines is 1. The van der Waals surface area contributed by atoms with Crippen molar-refractivity contribution in [2.75, 3.05) is 32.5 Å². The fourth-order valence-electron chi connectivity index (χ4n) is 3.44. The van der Waals surface area contributed by atoms with Gasteiger partial charge in [0.15, 0.2) is 0 Å². The number of amides is 1. The third kappa shape index (κ3) is 5.02. The number of ether oxygens (including phenoxy) is 1. The summed E-state index contributed by atoms with van der Waals surface area (Å²) in [5.74, 6) is -0.552. The van der Waals surface area contributed by atoms with Crippen molar-refractivity contribution in [3.05, 3.63) is 54.1 Å². The minimum absolute atomic E-state index is 0.0342. The van der Waals surface area contributed by atoms with E-state index in [0.717, 1.165) is 4.31 Å². The van der Waals surface area contributed by atoms with E-state index in [-0.39, 0.29) is 46.3 Å². The number of nitrogens with one attached hydrogen (secondary N) is 1. The molecule has 1 saturated heterocycles. The predicted molar refractivity (Wildman–Crippen MR) is 120 cm³/mol. The number of morpholine rings is 1. The molecule has 32 heavy (non-hydrogen) atoms. The lowest BCUT2D eigenvalue weighted by Gasteiger charge is -2.34. The van der Waals surface area contributed by atoms with Gasteiger partial charge in [0.25, 0.3) is 5.91 Å². The van der Waals surface area contributed by atoms with Crippen LogP contribution in [0.25, 0.3) is 0 Å². The highest BCUT2D eigenvalue weighted by Gasteiger charge is 2.32. The zero-order valence-corrected chi connectivity index (χ0v) is 20.0. The van der Waals surface area contributed by atoms with Crippen LogP contribution in [0.1, 0.15) is 24.2 Å². The predicted octanol–water partition coefficient (Wildman–Crippen LogP) is 1.99. The molecule has 1 aliphatic heterocycles. The highest BCUT2D eigenvalue weighted by molar-refractivity contribution is 7.89. The third-order valence-electron chi connectivity index (χ3n) is 5.03. The van der Waals surface area contributed by atoms with Crippen molar-refractivity contribution < 1.29 is 26.4 Å².